The van der Waals surface area contributed by atoms with Gasteiger partial charge in [-0.3, -0.25) is 0 Å². The molecule has 1 aromatic heterocycles. The van der Waals surface area contributed by atoms with Gasteiger partial charge in [-0.25, -0.2) is 0 Å². The van der Waals surface area contributed by atoms with E-state index >= 15 is 0 Å². The Kier molecular flexibility index (Phi) is 6.09. The highest BCUT2D eigenvalue weighted by Gasteiger charge is 2.52. The van der Waals surface area contributed by atoms with Crippen LogP contribution in [0.25, 0.3) is 60.9 Å². The summed E-state index contributed by atoms with van der Waals surface area (Å²) in [5.41, 5.74) is 21.1. The number of benzene rings is 9. The van der Waals surface area contributed by atoms with Crippen molar-refractivity contribution in [1.82, 2.24) is 4.57 Å². The topological polar surface area (TPSA) is 4.93 Å². The van der Waals surface area contributed by atoms with Crippen LogP contribution in [0, 0.1) is 0 Å². The maximum atomic E-state index is 2.54. The van der Waals surface area contributed by atoms with Crippen molar-refractivity contribution in [3.63, 3.8) is 0 Å². The Labute approximate surface area is 331 Å². The molecule has 0 fully saturated rings. The van der Waals surface area contributed by atoms with Crippen LogP contribution in [-0.2, 0) is 10.8 Å². The van der Waals surface area contributed by atoms with Crippen molar-refractivity contribution in [1.29, 1.82) is 0 Å². The van der Waals surface area contributed by atoms with E-state index in [1.165, 1.54) is 105 Å². The van der Waals surface area contributed by atoms with E-state index in [0.717, 1.165) is 0 Å². The van der Waals surface area contributed by atoms with Crippen molar-refractivity contribution in [3.8, 4) is 39.1 Å². The number of fused-ring (bicyclic) bond motifs is 15. The van der Waals surface area contributed by atoms with Crippen LogP contribution in [0.3, 0.4) is 0 Å². The smallest absolute Gasteiger partial charge is 0.0760 e. The molecule has 57 heavy (non-hydrogen) atoms. The van der Waals surface area contributed by atoms with Gasteiger partial charge in [0.2, 0.25) is 0 Å². The molecule has 1 nitrogen and oxygen atoms in total. The van der Waals surface area contributed by atoms with E-state index in [1.54, 1.807) is 0 Å². The predicted octanol–water partition coefficient (Wildman–Crippen LogP) is 13.5. The lowest BCUT2D eigenvalue weighted by molar-refractivity contribution is 0.749. The second kappa shape index (κ2) is 11.2. The first kappa shape index (κ1) is 31.0. The van der Waals surface area contributed by atoms with Crippen molar-refractivity contribution >= 4 is 21.8 Å². The third-order valence-electron chi connectivity index (χ3n) is 13.5. The fourth-order valence-electron chi connectivity index (χ4n) is 11.5. The van der Waals surface area contributed by atoms with Gasteiger partial charge < -0.3 is 4.57 Å². The summed E-state index contributed by atoms with van der Waals surface area (Å²) in [5, 5.41) is 2.59. The molecule has 0 radical (unpaired) electrons. The van der Waals surface area contributed by atoms with Crippen molar-refractivity contribution in [2.24, 2.45) is 0 Å². The maximum absolute atomic E-state index is 2.54. The van der Waals surface area contributed by atoms with Crippen LogP contribution in [-0.4, -0.2) is 4.57 Å². The standard InChI is InChI=1S/C56H35N/c1-3-17-37(18-4-1)55(38-19-5-2-6-20-38)46-27-10-7-21-40(46)42-34-33-36(35-50(42)55)39-24-15-25-44-41-22-8-11-28-47(41)56(53(39)44)48-29-12-14-32-52(48)57-51-31-13-9-23-43(51)45-26-16-30-49(56)54(45)57/h1-35H. The highest BCUT2D eigenvalue weighted by Crippen LogP contribution is 2.64. The first-order valence-electron chi connectivity index (χ1n) is 20.0. The number of aromatic nitrogens is 1. The Hall–Kier alpha value is -7.22. The van der Waals surface area contributed by atoms with Gasteiger partial charge in [0.1, 0.15) is 0 Å². The summed E-state index contributed by atoms with van der Waals surface area (Å²) in [7, 11) is 0. The summed E-state index contributed by atoms with van der Waals surface area (Å²) in [6.45, 7) is 0. The van der Waals surface area contributed by atoms with Gasteiger partial charge in [0.25, 0.3) is 0 Å². The van der Waals surface area contributed by atoms with E-state index in [4.69, 9.17) is 0 Å². The zero-order chi connectivity index (χ0) is 37.3. The number of para-hydroxylation sites is 3. The minimum absolute atomic E-state index is 0.479. The highest BCUT2D eigenvalue weighted by molar-refractivity contribution is 6.13. The maximum Gasteiger partial charge on any atom is 0.0760 e. The molecule has 1 spiro atoms. The molecular weight excluding hydrogens is 687 g/mol. The molecule has 1 heteroatoms. The molecule has 264 valence electrons. The largest absolute Gasteiger partial charge is 0.309 e. The first-order valence-corrected chi connectivity index (χ1v) is 20.0. The monoisotopic (exact) mass is 721 g/mol. The minimum Gasteiger partial charge on any atom is -0.309 e. The van der Waals surface area contributed by atoms with Crippen LogP contribution in [0.2, 0.25) is 0 Å². The van der Waals surface area contributed by atoms with E-state index in [-0.39, 0.29) is 0 Å². The normalized spacial score (nSPS) is 16.3. The summed E-state index contributed by atoms with van der Waals surface area (Å²) >= 11 is 0. The van der Waals surface area contributed by atoms with Crippen LogP contribution in [0.1, 0.15) is 44.5 Å². The third kappa shape index (κ3) is 3.70. The zero-order valence-electron chi connectivity index (χ0n) is 31.2. The Morgan fingerprint density at radius 3 is 1.61 bits per heavy atom. The number of rotatable bonds is 3. The number of hydrogen-bond acceptors (Lipinski definition) is 0. The van der Waals surface area contributed by atoms with Crippen molar-refractivity contribution < 1.29 is 0 Å². The van der Waals surface area contributed by atoms with E-state index in [1.807, 2.05) is 0 Å². The molecule has 1 unspecified atom stereocenters. The Morgan fingerprint density at radius 2 is 0.842 bits per heavy atom. The van der Waals surface area contributed by atoms with Gasteiger partial charge in [-0.1, -0.05) is 194 Å². The van der Waals surface area contributed by atoms with Gasteiger partial charge in [0.05, 0.1) is 27.6 Å². The first-order chi connectivity index (χ1) is 28.3. The molecule has 0 saturated carbocycles. The van der Waals surface area contributed by atoms with Crippen molar-refractivity contribution in [2.45, 2.75) is 10.8 Å². The Balaban J connectivity index is 1.16. The quantitative estimate of drug-likeness (QED) is 0.171. The second-order valence-corrected chi connectivity index (χ2v) is 15.9. The number of nitrogens with zero attached hydrogens (tertiary/aromatic N) is 1. The predicted molar refractivity (Wildman–Crippen MR) is 234 cm³/mol. The van der Waals surface area contributed by atoms with Gasteiger partial charge >= 0.3 is 0 Å². The molecule has 10 aromatic rings. The van der Waals surface area contributed by atoms with Crippen LogP contribution in [0.5, 0.6) is 0 Å². The van der Waals surface area contributed by atoms with Crippen LogP contribution in [0.4, 0.5) is 0 Å². The molecule has 0 saturated heterocycles. The summed E-state index contributed by atoms with van der Waals surface area (Å²) in [4.78, 5) is 0. The van der Waals surface area contributed by atoms with Gasteiger partial charge in [0.15, 0.2) is 0 Å². The zero-order valence-corrected chi connectivity index (χ0v) is 31.2. The van der Waals surface area contributed by atoms with Crippen LogP contribution < -0.4 is 0 Å². The van der Waals surface area contributed by atoms with Crippen molar-refractivity contribution in [2.75, 3.05) is 0 Å². The molecule has 0 amide bonds. The second-order valence-electron chi connectivity index (χ2n) is 15.9. The van der Waals surface area contributed by atoms with E-state index in [2.05, 4.69) is 217 Å². The third-order valence-corrected chi connectivity index (χ3v) is 13.5. The average molecular weight is 722 g/mol. The van der Waals surface area contributed by atoms with Gasteiger partial charge in [-0.05, 0) is 96.1 Å². The summed E-state index contributed by atoms with van der Waals surface area (Å²) in [6, 6.07) is 80.0. The molecule has 9 aromatic carbocycles. The molecule has 1 atom stereocenters. The summed E-state index contributed by atoms with van der Waals surface area (Å²) < 4.78 is 2.53. The van der Waals surface area contributed by atoms with Crippen LogP contribution >= 0.6 is 0 Å². The van der Waals surface area contributed by atoms with Gasteiger partial charge in [-0.15, -0.1) is 0 Å². The molecule has 0 bridgehead atoms. The van der Waals surface area contributed by atoms with Crippen LogP contribution in [0.15, 0.2) is 212 Å². The summed E-state index contributed by atoms with van der Waals surface area (Å²) in [5.74, 6) is 0. The summed E-state index contributed by atoms with van der Waals surface area (Å²) in [6.07, 6.45) is 0. The Bertz CT molecular complexity index is 3260. The van der Waals surface area contributed by atoms with Gasteiger partial charge in [0, 0.05) is 10.8 Å². The lowest BCUT2D eigenvalue weighted by atomic mass is 9.63. The van der Waals surface area contributed by atoms with E-state index < -0.39 is 10.8 Å². The fraction of sp³-hybridized carbons (Fsp3) is 0.0357. The highest BCUT2D eigenvalue weighted by atomic mass is 15.0. The Morgan fingerprint density at radius 1 is 0.316 bits per heavy atom. The molecule has 3 aliphatic rings. The minimum atomic E-state index is -0.541. The van der Waals surface area contributed by atoms with E-state index in [9.17, 15) is 0 Å². The lowest BCUT2D eigenvalue weighted by Crippen LogP contribution is -2.34. The number of hydrogen-bond donors (Lipinski definition) is 0. The molecule has 13 rings (SSSR count). The SMILES string of the molecule is c1ccc(C2(c3ccccc3)c3ccccc3-c3ccc(-c4cccc5c4C4(c6ccccc6-5)c5ccccc5-n5c6ccccc6c6cccc4c65)cc32)cc1. The molecule has 2 heterocycles. The lowest BCUT2D eigenvalue weighted by Gasteiger charge is -2.40. The molecule has 2 aliphatic carbocycles. The molecule has 0 N–H and O–H groups in total. The van der Waals surface area contributed by atoms with Gasteiger partial charge in [-0.2, -0.15) is 0 Å². The van der Waals surface area contributed by atoms with Crippen molar-refractivity contribution in [3.05, 3.63) is 257 Å². The average Bonchev–Trinajstić information content (AvgIpc) is 3.90. The fourth-order valence-corrected chi connectivity index (χ4v) is 11.5. The molecule has 1 aliphatic heterocycles. The molecular formula is C56H35N. The van der Waals surface area contributed by atoms with E-state index in [0.29, 0.717) is 0 Å².